The second-order valence-corrected chi connectivity index (χ2v) is 9.48. The van der Waals surface area contributed by atoms with Crippen LogP contribution in [0, 0.1) is 13.8 Å². The Labute approximate surface area is 196 Å². The van der Waals surface area contributed by atoms with Crippen molar-refractivity contribution < 1.29 is 4.79 Å². The summed E-state index contributed by atoms with van der Waals surface area (Å²) in [4.78, 5) is 22.1. The normalized spacial score (nSPS) is 14.7. The Hall–Kier alpha value is -2.90. The Morgan fingerprint density at radius 3 is 2.56 bits per heavy atom. The lowest BCUT2D eigenvalue weighted by atomic mass is 10.2. The number of halogens is 1. The summed E-state index contributed by atoms with van der Waals surface area (Å²) in [6, 6.07) is 15.6. The zero-order valence-electron chi connectivity index (χ0n) is 18.1. The van der Waals surface area contributed by atoms with Gasteiger partial charge in [0.05, 0.1) is 26.7 Å². The summed E-state index contributed by atoms with van der Waals surface area (Å²) in [5.41, 5.74) is 4.66. The molecule has 164 valence electrons. The molecule has 0 spiro atoms. The molecule has 1 aliphatic rings. The molecule has 3 heterocycles. The lowest BCUT2D eigenvalue weighted by Crippen LogP contribution is -2.35. The second kappa shape index (κ2) is 8.56. The maximum absolute atomic E-state index is 13.0. The van der Waals surface area contributed by atoms with E-state index in [0.29, 0.717) is 23.7 Å². The SMILES string of the molecule is Cc1ccc(-n2nc(C)c3sc(N4CCCN(C(=O)c5ccccc5Cl)CC4)nc32)cc1. The van der Waals surface area contributed by atoms with Crippen molar-refractivity contribution in [3.05, 3.63) is 70.4 Å². The number of aromatic nitrogens is 3. The first-order valence-electron chi connectivity index (χ1n) is 10.7. The number of hydrogen-bond donors (Lipinski definition) is 0. The van der Waals surface area contributed by atoms with E-state index >= 15 is 0 Å². The predicted molar refractivity (Wildman–Crippen MR) is 130 cm³/mol. The van der Waals surface area contributed by atoms with Crippen LogP contribution in [0.5, 0.6) is 0 Å². The first-order valence-corrected chi connectivity index (χ1v) is 11.9. The highest BCUT2D eigenvalue weighted by molar-refractivity contribution is 7.22. The van der Waals surface area contributed by atoms with Gasteiger partial charge in [-0.25, -0.2) is 4.68 Å². The van der Waals surface area contributed by atoms with Crippen LogP contribution in [-0.2, 0) is 0 Å². The number of thiazole rings is 1. The maximum atomic E-state index is 13.0. The number of aryl methyl sites for hydroxylation is 2. The molecule has 8 heteroatoms. The topological polar surface area (TPSA) is 54.3 Å². The van der Waals surface area contributed by atoms with Crippen LogP contribution >= 0.6 is 22.9 Å². The smallest absolute Gasteiger partial charge is 0.255 e. The van der Waals surface area contributed by atoms with Gasteiger partial charge in [-0.3, -0.25) is 4.79 Å². The van der Waals surface area contributed by atoms with Gasteiger partial charge in [0, 0.05) is 26.2 Å². The number of hydrogen-bond acceptors (Lipinski definition) is 5. The van der Waals surface area contributed by atoms with Crippen molar-refractivity contribution in [1.82, 2.24) is 19.7 Å². The van der Waals surface area contributed by atoms with E-state index in [-0.39, 0.29) is 5.91 Å². The van der Waals surface area contributed by atoms with Crippen LogP contribution in [0.1, 0.15) is 28.0 Å². The third kappa shape index (κ3) is 3.87. The molecular formula is C24H24ClN5OS. The van der Waals surface area contributed by atoms with Crippen LogP contribution in [0.3, 0.4) is 0 Å². The lowest BCUT2D eigenvalue weighted by Gasteiger charge is -2.22. The summed E-state index contributed by atoms with van der Waals surface area (Å²) in [6.45, 7) is 7.06. The monoisotopic (exact) mass is 465 g/mol. The van der Waals surface area contributed by atoms with Crippen LogP contribution < -0.4 is 4.90 Å². The van der Waals surface area contributed by atoms with Gasteiger partial charge in [-0.2, -0.15) is 10.1 Å². The first kappa shape index (κ1) is 21.0. The number of anilines is 1. The van der Waals surface area contributed by atoms with Crippen LogP contribution in [0.25, 0.3) is 16.0 Å². The van der Waals surface area contributed by atoms with Crippen LogP contribution in [0.4, 0.5) is 5.13 Å². The highest BCUT2D eigenvalue weighted by Gasteiger charge is 2.24. The number of carbonyl (C=O) groups is 1. The van der Waals surface area contributed by atoms with Gasteiger partial charge in [0.25, 0.3) is 5.91 Å². The predicted octanol–water partition coefficient (Wildman–Crippen LogP) is 5.10. The molecule has 1 amide bonds. The van der Waals surface area contributed by atoms with Crippen molar-refractivity contribution in [2.24, 2.45) is 0 Å². The minimum Gasteiger partial charge on any atom is -0.346 e. The molecule has 0 radical (unpaired) electrons. The van der Waals surface area contributed by atoms with E-state index in [2.05, 4.69) is 36.1 Å². The average Bonchev–Trinajstić information content (AvgIpc) is 3.25. The molecule has 0 unspecified atom stereocenters. The largest absolute Gasteiger partial charge is 0.346 e. The van der Waals surface area contributed by atoms with E-state index in [1.54, 1.807) is 23.5 Å². The highest BCUT2D eigenvalue weighted by Crippen LogP contribution is 2.33. The number of carbonyl (C=O) groups excluding carboxylic acids is 1. The van der Waals surface area contributed by atoms with Gasteiger partial charge < -0.3 is 9.80 Å². The third-order valence-corrected chi connectivity index (χ3v) is 7.36. The highest BCUT2D eigenvalue weighted by atomic mass is 35.5. The number of benzene rings is 2. The Morgan fingerprint density at radius 2 is 1.78 bits per heavy atom. The molecule has 4 aromatic rings. The number of nitrogens with zero attached hydrogens (tertiary/aromatic N) is 5. The van der Waals surface area contributed by atoms with Crippen LogP contribution in [-0.4, -0.2) is 51.8 Å². The summed E-state index contributed by atoms with van der Waals surface area (Å²) in [5, 5.41) is 6.19. The molecule has 0 saturated carbocycles. The van der Waals surface area contributed by atoms with E-state index in [1.165, 1.54) is 5.56 Å². The van der Waals surface area contributed by atoms with Crippen LogP contribution in [0.15, 0.2) is 48.5 Å². The van der Waals surface area contributed by atoms with E-state index < -0.39 is 0 Å². The van der Waals surface area contributed by atoms with Gasteiger partial charge in [0.1, 0.15) is 0 Å². The third-order valence-electron chi connectivity index (χ3n) is 5.81. The van der Waals surface area contributed by atoms with Crippen molar-refractivity contribution in [3.8, 4) is 5.69 Å². The second-order valence-electron chi connectivity index (χ2n) is 8.09. The zero-order valence-corrected chi connectivity index (χ0v) is 19.7. The molecule has 2 aromatic carbocycles. The number of amides is 1. The molecule has 1 fully saturated rings. The fourth-order valence-electron chi connectivity index (χ4n) is 4.04. The maximum Gasteiger partial charge on any atom is 0.255 e. The van der Waals surface area contributed by atoms with Crippen molar-refractivity contribution in [2.75, 3.05) is 31.1 Å². The van der Waals surface area contributed by atoms with Gasteiger partial charge in [0.2, 0.25) is 0 Å². The molecular weight excluding hydrogens is 442 g/mol. The van der Waals surface area contributed by atoms with Crippen molar-refractivity contribution >= 4 is 44.3 Å². The Bertz CT molecular complexity index is 1280. The molecule has 0 N–H and O–H groups in total. The number of fused-ring (bicyclic) bond motifs is 1. The van der Waals surface area contributed by atoms with Crippen molar-refractivity contribution in [2.45, 2.75) is 20.3 Å². The fourth-order valence-corrected chi connectivity index (χ4v) is 5.30. The van der Waals surface area contributed by atoms with E-state index in [4.69, 9.17) is 21.7 Å². The Kier molecular flexibility index (Phi) is 5.61. The molecule has 32 heavy (non-hydrogen) atoms. The molecule has 2 aromatic heterocycles. The van der Waals surface area contributed by atoms with Gasteiger partial charge in [0.15, 0.2) is 10.8 Å². The fraction of sp³-hybridized carbons (Fsp3) is 0.292. The molecule has 0 atom stereocenters. The van der Waals surface area contributed by atoms with Crippen molar-refractivity contribution in [3.63, 3.8) is 0 Å². The quantitative estimate of drug-likeness (QED) is 0.422. The summed E-state index contributed by atoms with van der Waals surface area (Å²) in [6.07, 6.45) is 0.884. The molecule has 0 aliphatic carbocycles. The average molecular weight is 466 g/mol. The lowest BCUT2D eigenvalue weighted by molar-refractivity contribution is 0.0767. The molecule has 1 saturated heterocycles. The van der Waals surface area contributed by atoms with Gasteiger partial charge in [-0.05, 0) is 44.5 Å². The zero-order chi connectivity index (χ0) is 22.2. The molecule has 5 rings (SSSR count). The van der Waals surface area contributed by atoms with E-state index in [1.807, 2.05) is 28.6 Å². The standard InChI is InChI=1S/C24H24ClN5OS/c1-16-8-10-18(11-9-16)30-22-21(17(2)27-30)32-24(26-22)29-13-5-12-28(14-15-29)23(31)19-6-3-4-7-20(19)25/h3-4,6-11H,5,12-15H2,1-2H3. The summed E-state index contributed by atoms with van der Waals surface area (Å²) in [7, 11) is 0. The van der Waals surface area contributed by atoms with Gasteiger partial charge in [-0.15, -0.1) is 0 Å². The summed E-state index contributed by atoms with van der Waals surface area (Å²) >= 11 is 7.92. The Morgan fingerprint density at radius 1 is 1.00 bits per heavy atom. The number of rotatable bonds is 3. The van der Waals surface area contributed by atoms with Gasteiger partial charge in [-0.1, -0.05) is 52.8 Å². The Balaban J connectivity index is 1.38. The van der Waals surface area contributed by atoms with Crippen molar-refractivity contribution in [1.29, 1.82) is 0 Å². The van der Waals surface area contributed by atoms with Crippen LogP contribution in [0.2, 0.25) is 5.02 Å². The first-order chi connectivity index (χ1) is 15.5. The molecule has 1 aliphatic heterocycles. The molecule has 0 bridgehead atoms. The van der Waals surface area contributed by atoms with E-state index in [0.717, 1.165) is 46.4 Å². The summed E-state index contributed by atoms with van der Waals surface area (Å²) < 4.78 is 3.03. The molecule has 6 nitrogen and oxygen atoms in total. The van der Waals surface area contributed by atoms with Gasteiger partial charge >= 0.3 is 0 Å². The summed E-state index contributed by atoms with van der Waals surface area (Å²) in [5.74, 6) is -0.00685. The minimum atomic E-state index is -0.00685. The van der Waals surface area contributed by atoms with E-state index in [9.17, 15) is 4.79 Å². The minimum absolute atomic E-state index is 0.00685.